The third kappa shape index (κ3) is 8.20. The summed E-state index contributed by atoms with van der Waals surface area (Å²) in [5.74, 6) is -0.546. The smallest absolute Gasteiger partial charge is 0.354 e. The van der Waals surface area contributed by atoms with Crippen molar-refractivity contribution in [3.8, 4) is 0 Å². The van der Waals surface area contributed by atoms with Crippen LogP contribution in [0.3, 0.4) is 0 Å². The zero-order chi connectivity index (χ0) is 16.6. The number of carbonyl (C=O) groups excluding carboxylic acids is 2. The van der Waals surface area contributed by atoms with E-state index in [2.05, 4.69) is 15.6 Å². The van der Waals surface area contributed by atoms with Crippen molar-refractivity contribution in [3.63, 3.8) is 0 Å². The number of nitrogens with zero attached hydrogens (tertiary/aromatic N) is 1. The van der Waals surface area contributed by atoms with Crippen molar-refractivity contribution in [2.24, 2.45) is 0 Å². The minimum atomic E-state index is -4.36. The molecule has 0 aromatic carbocycles. The van der Waals surface area contributed by atoms with E-state index in [1.165, 1.54) is 0 Å². The Bertz CT molecular complexity index is 520. The van der Waals surface area contributed by atoms with Crippen LogP contribution in [0.2, 0.25) is 0 Å². The second-order valence-electron chi connectivity index (χ2n) is 4.53. The number of pyridine rings is 1. The number of aromatic nitrogens is 1. The van der Waals surface area contributed by atoms with Crippen LogP contribution in [0.25, 0.3) is 0 Å². The Morgan fingerprint density at radius 2 is 1.95 bits per heavy atom. The normalized spacial score (nSPS) is 11.1. The Morgan fingerprint density at radius 1 is 1.23 bits per heavy atom. The van der Waals surface area contributed by atoms with Gasteiger partial charge in [-0.05, 0) is 19.1 Å². The van der Waals surface area contributed by atoms with Gasteiger partial charge in [0.1, 0.15) is 5.82 Å². The highest BCUT2D eigenvalue weighted by Gasteiger charge is 2.26. The molecule has 6 nitrogen and oxygen atoms in total. The van der Waals surface area contributed by atoms with Gasteiger partial charge in [-0.25, -0.2) is 4.98 Å². The number of hydrogen-bond donors (Lipinski definition) is 3. The first kappa shape index (κ1) is 17.9. The minimum Gasteiger partial charge on any atom is -0.354 e. The van der Waals surface area contributed by atoms with E-state index in [0.29, 0.717) is 5.82 Å². The maximum absolute atomic E-state index is 11.8. The third-order valence-electron chi connectivity index (χ3n) is 2.44. The average Bonchev–Trinajstić information content (AvgIpc) is 2.37. The van der Waals surface area contributed by atoms with Gasteiger partial charge in [0.2, 0.25) is 11.8 Å². The topological polar surface area (TPSA) is 83.1 Å². The van der Waals surface area contributed by atoms with Gasteiger partial charge in [0.15, 0.2) is 0 Å². The molecule has 0 saturated carbocycles. The Balaban J connectivity index is 2.18. The fourth-order valence-electron chi connectivity index (χ4n) is 1.51. The second-order valence-corrected chi connectivity index (χ2v) is 4.53. The molecule has 122 valence electrons. The van der Waals surface area contributed by atoms with Crippen LogP contribution in [0.15, 0.2) is 18.2 Å². The fourth-order valence-corrected chi connectivity index (χ4v) is 1.51. The summed E-state index contributed by atoms with van der Waals surface area (Å²) >= 11 is 0. The molecular formula is C13H17F3N4O2. The summed E-state index contributed by atoms with van der Waals surface area (Å²) in [7, 11) is 0. The van der Waals surface area contributed by atoms with Gasteiger partial charge in [-0.1, -0.05) is 6.07 Å². The standard InChI is InChI=1S/C13H17F3N4O2/c1-9-3-2-4-10(19-9)20-11(21)5-6-18-12(22)7-17-8-13(14,15)16/h2-4,17H,5-8H2,1H3,(H,18,22)(H,19,20,21). The van der Waals surface area contributed by atoms with E-state index in [0.717, 1.165) is 5.69 Å². The van der Waals surface area contributed by atoms with Crippen molar-refractivity contribution in [1.82, 2.24) is 15.6 Å². The molecule has 0 bridgehead atoms. The van der Waals surface area contributed by atoms with Gasteiger partial charge in [0, 0.05) is 18.7 Å². The predicted molar refractivity (Wildman–Crippen MR) is 74.2 cm³/mol. The summed E-state index contributed by atoms with van der Waals surface area (Å²) in [5, 5.41) is 6.86. The van der Waals surface area contributed by atoms with Crippen molar-refractivity contribution in [1.29, 1.82) is 0 Å². The van der Waals surface area contributed by atoms with Gasteiger partial charge in [-0.15, -0.1) is 0 Å². The first-order valence-corrected chi connectivity index (χ1v) is 6.54. The van der Waals surface area contributed by atoms with Crippen molar-refractivity contribution in [3.05, 3.63) is 23.9 Å². The largest absolute Gasteiger partial charge is 0.401 e. The number of alkyl halides is 3. The van der Waals surface area contributed by atoms with E-state index in [1.54, 1.807) is 25.1 Å². The van der Waals surface area contributed by atoms with Crippen molar-refractivity contribution in [2.75, 3.05) is 25.0 Å². The van der Waals surface area contributed by atoms with Crippen LogP contribution in [0.1, 0.15) is 12.1 Å². The minimum absolute atomic E-state index is 0.000628. The van der Waals surface area contributed by atoms with Gasteiger partial charge < -0.3 is 16.0 Å². The molecule has 9 heteroatoms. The lowest BCUT2D eigenvalue weighted by Crippen LogP contribution is -2.39. The molecule has 0 unspecified atom stereocenters. The highest BCUT2D eigenvalue weighted by molar-refractivity contribution is 5.90. The average molecular weight is 318 g/mol. The molecule has 0 radical (unpaired) electrons. The molecule has 1 heterocycles. The number of carbonyl (C=O) groups is 2. The molecular weight excluding hydrogens is 301 g/mol. The van der Waals surface area contributed by atoms with Crippen LogP contribution < -0.4 is 16.0 Å². The Labute approximate surface area is 125 Å². The number of halogens is 3. The summed E-state index contributed by atoms with van der Waals surface area (Å²) in [5.41, 5.74) is 0.752. The molecule has 2 amide bonds. The molecule has 3 N–H and O–H groups in total. The molecule has 1 rings (SSSR count). The maximum Gasteiger partial charge on any atom is 0.401 e. The SMILES string of the molecule is Cc1cccc(NC(=O)CCNC(=O)CNCC(F)(F)F)n1. The zero-order valence-electron chi connectivity index (χ0n) is 12.0. The molecule has 22 heavy (non-hydrogen) atoms. The van der Waals surface area contributed by atoms with Crippen LogP contribution in [-0.4, -0.2) is 42.6 Å². The summed E-state index contributed by atoms with van der Waals surface area (Å²) in [6, 6.07) is 5.15. The molecule has 0 aliphatic heterocycles. The number of hydrogen-bond acceptors (Lipinski definition) is 4. The summed E-state index contributed by atoms with van der Waals surface area (Å²) in [6.07, 6.45) is -4.36. The van der Waals surface area contributed by atoms with E-state index in [-0.39, 0.29) is 18.9 Å². The molecule has 0 atom stereocenters. The number of amides is 2. The second kappa shape index (κ2) is 8.32. The molecule has 0 saturated heterocycles. The van der Waals surface area contributed by atoms with E-state index in [1.807, 2.05) is 5.32 Å². The van der Waals surface area contributed by atoms with Gasteiger partial charge in [-0.3, -0.25) is 9.59 Å². The van der Waals surface area contributed by atoms with Gasteiger partial charge in [-0.2, -0.15) is 13.2 Å². The lowest BCUT2D eigenvalue weighted by Gasteiger charge is -2.09. The fraction of sp³-hybridized carbons (Fsp3) is 0.462. The quantitative estimate of drug-likeness (QED) is 0.700. The Morgan fingerprint density at radius 3 is 2.59 bits per heavy atom. The molecule has 1 aromatic rings. The molecule has 1 aromatic heterocycles. The van der Waals surface area contributed by atoms with E-state index < -0.39 is 25.2 Å². The number of aryl methyl sites for hydroxylation is 1. The summed E-state index contributed by atoms with van der Waals surface area (Å²) in [4.78, 5) is 26.9. The van der Waals surface area contributed by atoms with Crippen LogP contribution in [0.5, 0.6) is 0 Å². The van der Waals surface area contributed by atoms with Crippen molar-refractivity contribution in [2.45, 2.75) is 19.5 Å². The molecule has 0 fully saturated rings. The monoisotopic (exact) mass is 318 g/mol. The van der Waals surface area contributed by atoms with Gasteiger partial charge in [0.05, 0.1) is 13.1 Å². The van der Waals surface area contributed by atoms with Gasteiger partial charge in [0.25, 0.3) is 0 Å². The lowest BCUT2D eigenvalue weighted by molar-refractivity contribution is -0.128. The number of nitrogens with one attached hydrogen (secondary N) is 3. The van der Waals surface area contributed by atoms with Crippen LogP contribution in [0.4, 0.5) is 19.0 Å². The van der Waals surface area contributed by atoms with Gasteiger partial charge >= 0.3 is 6.18 Å². The zero-order valence-corrected chi connectivity index (χ0v) is 12.0. The number of anilines is 1. The van der Waals surface area contributed by atoms with Crippen molar-refractivity contribution < 1.29 is 22.8 Å². The first-order chi connectivity index (χ1) is 10.3. The first-order valence-electron chi connectivity index (χ1n) is 6.54. The Hall–Kier alpha value is -2.16. The van der Waals surface area contributed by atoms with E-state index in [4.69, 9.17) is 0 Å². The van der Waals surface area contributed by atoms with Crippen molar-refractivity contribution >= 4 is 17.6 Å². The summed E-state index contributed by atoms with van der Waals surface area (Å²) < 4.78 is 35.5. The molecule has 0 aliphatic carbocycles. The lowest BCUT2D eigenvalue weighted by atomic mass is 10.3. The predicted octanol–water partition coefficient (Wildman–Crippen LogP) is 0.987. The third-order valence-corrected chi connectivity index (χ3v) is 2.44. The molecule has 0 aliphatic rings. The van der Waals surface area contributed by atoms with Crippen LogP contribution in [-0.2, 0) is 9.59 Å². The van der Waals surface area contributed by atoms with E-state index >= 15 is 0 Å². The summed E-state index contributed by atoms with van der Waals surface area (Å²) in [6.45, 7) is 0.120. The highest BCUT2D eigenvalue weighted by Crippen LogP contribution is 2.11. The van der Waals surface area contributed by atoms with E-state index in [9.17, 15) is 22.8 Å². The highest BCUT2D eigenvalue weighted by atomic mass is 19.4. The Kier molecular flexibility index (Phi) is 6.77. The maximum atomic E-state index is 11.8. The van der Waals surface area contributed by atoms with Crippen LogP contribution in [0, 0.1) is 6.92 Å². The molecule has 0 spiro atoms. The number of rotatable bonds is 7. The van der Waals surface area contributed by atoms with Crippen LogP contribution >= 0.6 is 0 Å².